The summed E-state index contributed by atoms with van der Waals surface area (Å²) in [5.74, 6) is 0.153. The molecule has 2 aromatic rings. The van der Waals surface area contributed by atoms with Crippen LogP contribution in [0.1, 0.15) is 34.6 Å². The molecule has 0 aliphatic rings. The average molecular weight is 364 g/mol. The minimum atomic E-state index is -0.192. The highest BCUT2D eigenvalue weighted by atomic mass is 32.2. The molecule has 1 aromatic carbocycles. The number of amides is 1. The van der Waals surface area contributed by atoms with E-state index in [0.29, 0.717) is 6.61 Å². The molecular weight excluding hydrogens is 334 g/mol. The fraction of sp³-hybridized carbons (Fsp3) is 0.579. The summed E-state index contributed by atoms with van der Waals surface area (Å²) in [5.41, 5.74) is 2.02. The largest absolute Gasteiger partial charge is 0.383 e. The molecular formula is C19H29N3O2S. The van der Waals surface area contributed by atoms with Gasteiger partial charge in [0.25, 0.3) is 0 Å². The van der Waals surface area contributed by atoms with Gasteiger partial charge in [-0.05, 0) is 46.8 Å². The number of fused-ring (bicyclic) bond motifs is 1. The molecule has 6 heteroatoms. The van der Waals surface area contributed by atoms with E-state index in [-0.39, 0.29) is 23.2 Å². The average Bonchev–Trinajstić information content (AvgIpc) is 2.89. The van der Waals surface area contributed by atoms with Gasteiger partial charge in [0.1, 0.15) is 0 Å². The Kier molecular flexibility index (Phi) is 6.90. The van der Waals surface area contributed by atoms with E-state index in [2.05, 4.69) is 38.3 Å². The van der Waals surface area contributed by atoms with Gasteiger partial charge in [0.15, 0.2) is 5.16 Å². The van der Waals surface area contributed by atoms with Crippen molar-refractivity contribution in [3.8, 4) is 0 Å². The van der Waals surface area contributed by atoms with Gasteiger partial charge >= 0.3 is 0 Å². The molecule has 0 N–H and O–H groups in total. The molecule has 1 atom stereocenters. The minimum absolute atomic E-state index is 0.153. The van der Waals surface area contributed by atoms with Crippen molar-refractivity contribution in [1.82, 2.24) is 14.5 Å². The Labute approximate surface area is 154 Å². The third-order valence-electron chi connectivity index (χ3n) is 4.14. The van der Waals surface area contributed by atoms with Gasteiger partial charge in [-0.2, -0.15) is 0 Å². The molecule has 1 unspecified atom stereocenters. The molecule has 1 aromatic heterocycles. The normalized spacial score (nSPS) is 13.0. The summed E-state index contributed by atoms with van der Waals surface area (Å²) in [4.78, 5) is 19.6. The number of imidazole rings is 1. The molecule has 1 amide bonds. The van der Waals surface area contributed by atoms with Gasteiger partial charge in [-0.25, -0.2) is 4.98 Å². The van der Waals surface area contributed by atoms with Crippen molar-refractivity contribution in [3.05, 3.63) is 24.3 Å². The van der Waals surface area contributed by atoms with Crippen LogP contribution in [0.25, 0.3) is 11.0 Å². The molecule has 2 rings (SSSR count). The fourth-order valence-corrected chi connectivity index (χ4v) is 4.07. The highest BCUT2D eigenvalue weighted by molar-refractivity contribution is 8.00. The lowest BCUT2D eigenvalue weighted by Crippen LogP contribution is -2.45. The molecule has 0 spiro atoms. The molecule has 0 aliphatic carbocycles. The standard InChI is InChI=1S/C19H29N3O2S/c1-13(2)22(14(3)4)18(23)15(5)25-19-20-16-9-7-8-10-17(16)21(19)11-12-24-6/h7-10,13-15H,11-12H2,1-6H3. The summed E-state index contributed by atoms with van der Waals surface area (Å²) >= 11 is 1.52. The van der Waals surface area contributed by atoms with E-state index in [1.807, 2.05) is 30.0 Å². The first-order chi connectivity index (χ1) is 11.9. The Morgan fingerprint density at radius 2 is 1.84 bits per heavy atom. The van der Waals surface area contributed by atoms with Crippen LogP contribution in [-0.2, 0) is 16.1 Å². The maximum atomic E-state index is 12.9. The molecule has 25 heavy (non-hydrogen) atoms. The number of hydrogen-bond acceptors (Lipinski definition) is 4. The van der Waals surface area contributed by atoms with Gasteiger partial charge in [0.2, 0.25) is 5.91 Å². The van der Waals surface area contributed by atoms with Gasteiger partial charge in [-0.1, -0.05) is 23.9 Å². The van der Waals surface area contributed by atoms with Crippen molar-refractivity contribution in [1.29, 1.82) is 0 Å². The zero-order valence-corrected chi connectivity index (χ0v) is 16.8. The number of rotatable bonds is 8. The number of hydrogen-bond donors (Lipinski definition) is 0. The zero-order chi connectivity index (χ0) is 18.6. The number of carbonyl (C=O) groups is 1. The smallest absolute Gasteiger partial charge is 0.236 e. The first-order valence-corrected chi connectivity index (χ1v) is 9.67. The quantitative estimate of drug-likeness (QED) is 0.669. The number of nitrogens with zero attached hydrogens (tertiary/aromatic N) is 3. The van der Waals surface area contributed by atoms with Crippen molar-refractivity contribution >= 4 is 28.7 Å². The Balaban J connectivity index is 2.27. The van der Waals surface area contributed by atoms with Gasteiger partial charge < -0.3 is 14.2 Å². The molecule has 138 valence electrons. The van der Waals surface area contributed by atoms with Crippen molar-refractivity contribution in [3.63, 3.8) is 0 Å². The van der Waals surface area contributed by atoms with Crippen LogP contribution in [0, 0.1) is 0 Å². The maximum Gasteiger partial charge on any atom is 0.236 e. The number of aromatic nitrogens is 2. The lowest BCUT2D eigenvalue weighted by atomic mass is 10.2. The van der Waals surface area contributed by atoms with Gasteiger partial charge in [0.05, 0.1) is 22.9 Å². The van der Waals surface area contributed by atoms with Crippen molar-refractivity contribution in [2.45, 2.75) is 63.7 Å². The van der Waals surface area contributed by atoms with Crippen molar-refractivity contribution in [2.75, 3.05) is 13.7 Å². The second-order valence-corrected chi connectivity index (χ2v) is 8.03. The molecule has 0 bridgehead atoms. The van der Waals surface area contributed by atoms with Gasteiger partial charge in [0, 0.05) is 25.7 Å². The minimum Gasteiger partial charge on any atom is -0.383 e. The number of para-hydroxylation sites is 2. The van der Waals surface area contributed by atoms with Crippen LogP contribution in [0.2, 0.25) is 0 Å². The van der Waals surface area contributed by atoms with Crippen molar-refractivity contribution < 1.29 is 9.53 Å². The molecule has 5 nitrogen and oxygen atoms in total. The van der Waals surface area contributed by atoms with Crippen LogP contribution >= 0.6 is 11.8 Å². The third kappa shape index (κ3) is 4.55. The molecule has 0 saturated heterocycles. The van der Waals surface area contributed by atoms with E-state index in [0.717, 1.165) is 22.7 Å². The Morgan fingerprint density at radius 1 is 1.20 bits per heavy atom. The second-order valence-electron chi connectivity index (χ2n) is 6.72. The molecule has 1 heterocycles. The highest BCUT2D eigenvalue weighted by Crippen LogP contribution is 2.28. The summed E-state index contributed by atoms with van der Waals surface area (Å²) in [5, 5.41) is 0.675. The molecule has 0 radical (unpaired) electrons. The topological polar surface area (TPSA) is 47.4 Å². The lowest BCUT2D eigenvalue weighted by molar-refractivity contribution is -0.133. The summed E-state index contributed by atoms with van der Waals surface area (Å²) in [7, 11) is 1.70. The number of ether oxygens (including phenoxy) is 1. The summed E-state index contributed by atoms with van der Waals surface area (Å²) in [6, 6.07) is 8.42. The predicted octanol–water partition coefficient (Wildman–Crippen LogP) is 3.81. The van der Waals surface area contributed by atoms with Gasteiger partial charge in [-0.3, -0.25) is 4.79 Å². The maximum absolute atomic E-state index is 12.9. The number of carbonyl (C=O) groups excluding carboxylic acids is 1. The third-order valence-corrected chi connectivity index (χ3v) is 5.21. The Morgan fingerprint density at radius 3 is 2.44 bits per heavy atom. The number of benzene rings is 1. The summed E-state index contributed by atoms with van der Waals surface area (Å²) < 4.78 is 7.38. The van der Waals surface area contributed by atoms with E-state index in [1.54, 1.807) is 7.11 Å². The molecule has 0 fully saturated rings. The first kappa shape index (κ1) is 19.8. The SMILES string of the molecule is COCCn1c(SC(C)C(=O)N(C(C)C)C(C)C)nc2ccccc21. The monoisotopic (exact) mass is 363 g/mol. The molecule has 0 saturated carbocycles. The number of methoxy groups -OCH3 is 1. The van der Waals surface area contributed by atoms with Crippen LogP contribution in [0.4, 0.5) is 0 Å². The highest BCUT2D eigenvalue weighted by Gasteiger charge is 2.27. The first-order valence-electron chi connectivity index (χ1n) is 8.79. The van der Waals surface area contributed by atoms with E-state index < -0.39 is 0 Å². The van der Waals surface area contributed by atoms with E-state index >= 15 is 0 Å². The van der Waals surface area contributed by atoms with Crippen LogP contribution in [0.5, 0.6) is 0 Å². The van der Waals surface area contributed by atoms with Crippen LogP contribution in [-0.4, -0.2) is 51.4 Å². The zero-order valence-electron chi connectivity index (χ0n) is 16.0. The summed E-state index contributed by atoms with van der Waals surface area (Å²) in [6.45, 7) is 11.5. The lowest BCUT2D eigenvalue weighted by Gasteiger charge is -2.32. The van der Waals surface area contributed by atoms with E-state index in [1.165, 1.54) is 11.8 Å². The van der Waals surface area contributed by atoms with Crippen LogP contribution in [0.15, 0.2) is 29.4 Å². The Hall–Kier alpha value is -1.53. The van der Waals surface area contributed by atoms with Gasteiger partial charge in [-0.15, -0.1) is 0 Å². The summed E-state index contributed by atoms with van der Waals surface area (Å²) in [6.07, 6.45) is 0. The molecule has 0 aliphatic heterocycles. The van der Waals surface area contributed by atoms with Crippen LogP contribution in [0.3, 0.4) is 0 Å². The fourth-order valence-electron chi connectivity index (χ4n) is 3.07. The number of thioether (sulfide) groups is 1. The van der Waals surface area contributed by atoms with E-state index in [4.69, 9.17) is 9.72 Å². The van der Waals surface area contributed by atoms with Crippen LogP contribution < -0.4 is 0 Å². The van der Waals surface area contributed by atoms with Crippen molar-refractivity contribution in [2.24, 2.45) is 0 Å². The second kappa shape index (κ2) is 8.72. The Bertz CT molecular complexity index is 704. The van der Waals surface area contributed by atoms with E-state index in [9.17, 15) is 4.79 Å². The predicted molar refractivity (Wildman–Crippen MR) is 104 cm³/mol.